The van der Waals surface area contributed by atoms with E-state index in [9.17, 15) is 0 Å². The third kappa shape index (κ3) is 9.06. The van der Waals surface area contributed by atoms with E-state index in [4.69, 9.17) is 4.74 Å². The van der Waals surface area contributed by atoms with Crippen molar-refractivity contribution in [2.75, 3.05) is 13.2 Å². The molecule has 0 aliphatic rings. The van der Waals surface area contributed by atoms with E-state index in [0.717, 1.165) is 0 Å². The van der Waals surface area contributed by atoms with Crippen LogP contribution in [-0.2, 0) is 4.74 Å². The van der Waals surface area contributed by atoms with Crippen LogP contribution in [0, 0.1) is 7.43 Å². The molecular formula is C7H11O. The first kappa shape index (κ1) is 10.4. The van der Waals surface area contributed by atoms with Gasteiger partial charge in [-0.2, -0.15) is 0 Å². The van der Waals surface area contributed by atoms with Gasteiger partial charge in [0.15, 0.2) is 0 Å². The van der Waals surface area contributed by atoms with Crippen LogP contribution in [-0.4, -0.2) is 13.2 Å². The Kier molecular flexibility index (Phi) is 12.6. The molecule has 0 rings (SSSR count). The smallest absolute Gasteiger partial charge is 0.0649 e. The standard InChI is InChI=1S/C6H10O.CH/c1-3-5-7-6-4-2;/h3-4H,1-2,5-6H2;1H. The zero-order valence-corrected chi connectivity index (χ0v) is 4.97. The summed E-state index contributed by atoms with van der Waals surface area (Å²) < 4.78 is 4.90. The summed E-state index contributed by atoms with van der Waals surface area (Å²) in [6, 6.07) is 0. The van der Waals surface area contributed by atoms with Crippen LogP contribution in [0.15, 0.2) is 25.3 Å². The average molecular weight is 111 g/mol. The van der Waals surface area contributed by atoms with Crippen molar-refractivity contribution in [2.45, 2.75) is 0 Å². The molecule has 0 aliphatic carbocycles. The second-order valence-electron chi connectivity index (χ2n) is 1.11. The third-order valence-corrected chi connectivity index (χ3v) is 0.471. The quantitative estimate of drug-likeness (QED) is 0.395. The molecule has 0 aromatic carbocycles. The summed E-state index contributed by atoms with van der Waals surface area (Å²) in [5, 5.41) is 0. The van der Waals surface area contributed by atoms with Crippen LogP contribution in [0.25, 0.3) is 0 Å². The highest BCUT2D eigenvalue weighted by Crippen LogP contribution is 1.72. The highest BCUT2D eigenvalue weighted by molar-refractivity contribution is 4.68. The van der Waals surface area contributed by atoms with Crippen molar-refractivity contribution in [3.8, 4) is 0 Å². The predicted molar refractivity (Wildman–Crippen MR) is 35.5 cm³/mol. The van der Waals surface area contributed by atoms with Gasteiger partial charge in [0.2, 0.25) is 0 Å². The third-order valence-electron chi connectivity index (χ3n) is 0.471. The van der Waals surface area contributed by atoms with E-state index < -0.39 is 0 Å². The lowest BCUT2D eigenvalue weighted by atomic mass is 10.6. The van der Waals surface area contributed by atoms with E-state index in [-0.39, 0.29) is 7.43 Å². The van der Waals surface area contributed by atoms with Crippen molar-refractivity contribution in [1.29, 1.82) is 0 Å². The Morgan fingerprint density at radius 2 is 1.50 bits per heavy atom. The number of ether oxygens (including phenoxy) is 1. The first-order valence-electron chi connectivity index (χ1n) is 2.21. The second kappa shape index (κ2) is 9.67. The van der Waals surface area contributed by atoms with Crippen LogP contribution in [0.4, 0.5) is 0 Å². The molecule has 0 fully saturated rings. The molecule has 0 heterocycles. The van der Waals surface area contributed by atoms with Crippen LogP contribution in [0.3, 0.4) is 0 Å². The van der Waals surface area contributed by atoms with Gasteiger partial charge in [-0.25, -0.2) is 0 Å². The van der Waals surface area contributed by atoms with Crippen LogP contribution < -0.4 is 0 Å². The fraction of sp³-hybridized carbons (Fsp3) is 0.286. The Labute approximate surface area is 51.7 Å². The Morgan fingerprint density at radius 1 is 1.12 bits per heavy atom. The molecular weight excluding hydrogens is 100 g/mol. The molecule has 0 saturated carbocycles. The first-order valence-corrected chi connectivity index (χ1v) is 2.21. The average Bonchev–Trinajstić information content (AvgIpc) is 1.69. The largest absolute Gasteiger partial charge is 0.373 e. The maximum absolute atomic E-state index is 4.90. The maximum atomic E-state index is 4.90. The molecule has 0 atom stereocenters. The summed E-state index contributed by atoms with van der Waals surface area (Å²) in [6.07, 6.45) is 3.42. The fourth-order valence-corrected chi connectivity index (χ4v) is 0.235. The molecule has 1 nitrogen and oxygen atoms in total. The summed E-state index contributed by atoms with van der Waals surface area (Å²) in [6.45, 7) is 8.18. The number of hydrogen-bond donors (Lipinski definition) is 0. The molecule has 0 amide bonds. The van der Waals surface area contributed by atoms with Crippen molar-refractivity contribution in [1.82, 2.24) is 0 Å². The second-order valence-corrected chi connectivity index (χ2v) is 1.11. The SMILES string of the molecule is C=CCOCC=C.[CH]. The highest BCUT2D eigenvalue weighted by atomic mass is 16.5. The molecule has 0 aliphatic heterocycles. The topological polar surface area (TPSA) is 9.23 Å². The van der Waals surface area contributed by atoms with E-state index >= 15 is 0 Å². The van der Waals surface area contributed by atoms with Gasteiger partial charge < -0.3 is 4.74 Å². The first-order chi connectivity index (χ1) is 3.41. The van der Waals surface area contributed by atoms with Crippen LogP contribution >= 0.6 is 0 Å². The van der Waals surface area contributed by atoms with Crippen LogP contribution in [0.5, 0.6) is 0 Å². The lowest BCUT2D eigenvalue weighted by Crippen LogP contribution is -1.87. The van der Waals surface area contributed by atoms with Gasteiger partial charge in [0.05, 0.1) is 13.2 Å². The summed E-state index contributed by atoms with van der Waals surface area (Å²) >= 11 is 0. The fourth-order valence-electron chi connectivity index (χ4n) is 0.235. The normalized spacial score (nSPS) is 7.00. The van der Waals surface area contributed by atoms with E-state index in [2.05, 4.69) is 13.2 Å². The Bertz CT molecular complexity index is 49.4. The minimum absolute atomic E-state index is 0. The molecule has 0 N–H and O–H groups in total. The molecule has 45 valence electrons. The Morgan fingerprint density at radius 3 is 1.75 bits per heavy atom. The highest BCUT2D eigenvalue weighted by Gasteiger charge is 1.70. The van der Waals surface area contributed by atoms with Gasteiger partial charge in [0.25, 0.3) is 0 Å². The lowest BCUT2D eigenvalue weighted by Gasteiger charge is -1.89. The minimum atomic E-state index is 0. The van der Waals surface area contributed by atoms with Gasteiger partial charge >= 0.3 is 0 Å². The molecule has 0 aromatic rings. The monoisotopic (exact) mass is 111 g/mol. The van der Waals surface area contributed by atoms with Gasteiger partial charge in [0, 0.05) is 0 Å². The van der Waals surface area contributed by atoms with Gasteiger partial charge in [-0.05, 0) is 7.43 Å². The molecule has 0 spiro atoms. The summed E-state index contributed by atoms with van der Waals surface area (Å²) in [5.74, 6) is 0. The Balaban J connectivity index is 0. The van der Waals surface area contributed by atoms with E-state index in [1.807, 2.05) is 0 Å². The predicted octanol–water partition coefficient (Wildman–Crippen LogP) is 1.58. The van der Waals surface area contributed by atoms with Crippen molar-refractivity contribution in [3.63, 3.8) is 0 Å². The molecule has 0 bridgehead atoms. The van der Waals surface area contributed by atoms with Crippen molar-refractivity contribution < 1.29 is 4.74 Å². The summed E-state index contributed by atoms with van der Waals surface area (Å²) in [5.41, 5.74) is 0. The maximum Gasteiger partial charge on any atom is 0.0649 e. The summed E-state index contributed by atoms with van der Waals surface area (Å²) in [4.78, 5) is 0. The molecule has 0 aromatic heterocycles. The van der Waals surface area contributed by atoms with Gasteiger partial charge in [-0.3, -0.25) is 0 Å². The van der Waals surface area contributed by atoms with Crippen molar-refractivity contribution in [3.05, 3.63) is 32.7 Å². The van der Waals surface area contributed by atoms with E-state index in [1.165, 1.54) is 0 Å². The zero-order valence-electron chi connectivity index (χ0n) is 4.97. The lowest BCUT2D eigenvalue weighted by molar-refractivity contribution is 0.194. The molecule has 8 heavy (non-hydrogen) atoms. The Hall–Kier alpha value is -0.560. The number of rotatable bonds is 4. The molecule has 3 radical (unpaired) electrons. The van der Waals surface area contributed by atoms with Gasteiger partial charge in [-0.1, -0.05) is 12.2 Å². The minimum Gasteiger partial charge on any atom is -0.373 e. The van der Waals surface area contributed by atoms with E-state index in [1.54, 1.807) is 12.2 Å². The van der Waals surface area contributed by atoms with Crippen LogP contribution in [0.2, 0.25) is 0 Å². The van der Waals surface area contributed by atoms with Crippen LogP contribution in [0.1, 0.15) is 0 Å². The van der Waals surface area contributed by atoms with Crippen molar-refractivity contribution >= 4 is 0 Å². The summed E-state index contributed by atoms with van der Waals surface area (Å²) in [7, 11) is 0. The molecule has 0 unspecified atom stereocenters. The molecule has 1 heteroatoms. The van der Waals surface area contributed by atoms with Crippen molar-refractivity contribution in [2.24, 2.45) is 0 Å². The van der Waals surface area contributed by atoms with E-state index in [0.29, 0.717) is 13.2 Å². The zero-order chi connectivity index (χ0) is 5.54. The van der Waals surface area contributed by atoms with Gasteiger partial charge in [0.1, 0.15) is 0 Å². The molecule has 0 saturated heterocycles. The van der Waals surface area contributed by atoms with Gasteiger partial charge in [-0.15, -0.1) is 13.2 Å². The number of hydrogen-bond acceptors (Lipinski definition) is 1.